The van der Waals surface area contributed by atoms with E-state index in [0.717, 1.165) is 32.0 Å². The summed E-state index contributed by atoms with van der Waals surface area (Å²) in [5.74, 6) is 1.03. The van der Waals surface area contributed by atoms with Crippen molar-refractivity contribution in [1.82, 2.24) is 10.6 Å². The van der Waals surface area contributed by atoms with Gasteiger partial charge in [0.2, 0.25) is 5.91 Å². The van der Waals surface area contributed by atoms with Crippen LogP contribution in [0.15, 0.2) is 0 Å². The maximum absolute atomic E-state index is 11.3. The van der Waals surface area contributed by atoms with E-state index in [-0.39, 0.29) is 5.91 Å². The van der Waals surface area contributed by atoms with Crippen molar-refractivity contribution in [2.24, 2.45) is 5.92 Å². The molecule has 0 aliphatic heterocycles. The lowest BCUT2D eigenvalue weighted by Crippen LogP contribution is -2.32. The average Bonchev–Trinajstić information content (AvgIpc) is 3.04. The Balaban J connectivity index is 1.79. The van der Waals surface area contributed by atoms with Crippen molar-refractivity contribution in [2.45, 2.75) is 25.7 Å². The number of hydrogen-bond donors (Lipinski definition) is 2. The highest BCUT2D eigenvalue weighted by molar-refractivity contribution is 5.75. The molecule has 0 aromatic carbocycles. The molecule has 1 aliphatic carbocycles. The lowest BCUT2D eigenvalue weighted by Gasteiger charge is -2.06. The maximum Gasteiger partial charge on any atom is 0.220 e. The van der Waals surface area contributed by atoms with Gasteiger partial charge in [0.05, 0.1) is 6.61 Å². The fourth-order valence-electron chi connectivity index (χ4n) is 1.42. The zero-order chi connectivity index (χ0) is 10.9. The van der Waals surface area contributed by atoms with Gasteiger partial charge in [-0.25, -0.2) is 0 Å². The highest BCUT2D eigenvalue weighted by Crippen LogP contribution is 2.33. The molecule has 1 aliphatic rings. The summed E-state index contributed by atoms with van der Waals surface area (Å²) in [6.45, 7) is 3.09. The number of ether oxygens (including phenoxy) is 1. The van der Waals surface area contributed by atoms with E-state index in [1.165, 1.54) is 12.8 Å². The molecule has 0 atom stereocenters. The molecule has 4 nitrogen and oxygen atoms in total. The first kappa shape index (κ1) is 12.5. The molecule has 0 saturated heterocycles. The van der Waals surface area contributed by atoms with E-state index in [4.69, 9.17) is 4.74 Å². The summed E-state index contributed by atoms with van der Waals surface area (Å²) in [5, 5.41) is 6.08. The molecule has 0 radical (unpaired) electrons. The predicted octanol–water partition coefficient (Wildman–Crippen LogP) is 0.529. The molecule has 0 unspecified atom stereocenters. The number of carbonyl (C=O) groups excluding carboxylic acids is 1. The minimum Gasteiger partial charge on any atom is -0.383 e. The van der Waals surface area contributed by atoms with Gasteiger partial charge in [-0.3, -0.25) is 4.79 Å². The Bertz CT molecular complexity index is 181. The number of hydrogen-bond acceptors (Lipinski definition) is 3. The van der Waals surface area contributed by atoms with E-state index < -0.39 is 0 Å². The second kappa shape index (κ2) is 7.65. The summed E-state index contributed by atoms with van der Waals surface area (Å²) < 4.78 is 4.89. The summed E-state index contributed by atoms with van der Waals surface area (Å²) >= 11 is 0. The summed E-state index contributed by atoms with van der Waals surface area (Å²) in [5.41, 5.74) is 0. The van der Waals surface area contributed by atoms with Crippen LogP contribution < -0.4 is 10.6 Å². The van der Waals surface area contributed by atoms with Crippen LogP contribution >= 0.6 is 0 Å². The minimum atomic E-state index is 0.190. The van der Waals surface area contributed by atoms with Crippen molar-refractivity contribution < 1.29 is 9.53 Å². The van der Waals surface area contributed by atoms with Gasteiger partial charge in [-0.05, 0) is 12.3 Å². The number of rotatable bonds is 9. The third-order valence-corrected chi connectivity index (χ3v) is 2.58. The molecule has 0 bridgehead atoms. The Hall–Kier alpha value is -0.610. The van der Waals surface area contributed by atoms with Gasteiger partial charge in [-0.15, -0.1) is 0 Å². The highest BCUT2D eigenvalue weighted by atomic mass is 16.5. The first-order valence-electron chi connectivity index (χ1n) is 5.79. The Morgan fingerprint density at radius 3 is 2.80 bits per heavy atom. The topological polar surface area (TPSA) is 50.4 Å². The number of methoxy groups -OCH3 is 1. The van der Waals surface area contributed by atoms with E-state index in [9.17, 15) is 4.79 Å². The van der Waals surface area contributed by atoms with Crippen LogP contribution in [0.25, 0.3) is 0 Å². The van der Waals surface area contributed by atoms with Crippen LogP contribution in [0.5, 0.6) is 0 Å². The van der Waals surface area contributed by atoms with Crippen molar-refractivity contribution in [3.8, 4) is 0 Å². The number of carbonyl (C=O) groups is 1. The van der Waals surface area contributed by atoms with Gasteiger partial charge in [0.1, 0.15) is 0 Å². The predicted molar refractivity (Wildman–Crippen MR) is 59.7 cm³/mol. The second-order valence-corrected chi connectivity index (χ2v) is 4.07. The average molecular weight is 214 g/mol. The molecule has 0 heterocycles. The Morgan fingerprint density at radius 2 is 2.13 bits per heavy atom. The van der Waals surface area contributed by atoms with Crippen molar-refractivity contribution in [2.75, 3.05) is 33.4 Å². The largest absolute Gasteiger partial charge is 0.383 e. The Kier molecular flexibility index (Phi) is 6.36. The third kappa shape index (κ3) is 7.33. The SMILES string of the molecule is COCCNCCNC(=O)CCC1CC1. The van der Waals surface area contributed by atoms with Crippen LogP contribution in [0.2, 0.25) is 0 Å². The fourth-order valence-corrected chi connectivity index (χ4v) is 1.42. The van der Waals surface area contributed by atoms with Gasteiger partial charge in [0, 0.05) is 33.2 Å². The van der Waals surface area contributed by atoms with Crippen molar-refractivity contribution in [3.63, 3.8) is 0 Å². The third-order valence-electron chi connectivity index (χ3n) is 2.58. The molecule has 1 saturated carbocycles. The molecule has 0 spiro atoms. The molecule has 15 heavy (non-hydrogen) atoms. The lowest BCUT2D eigenvalue weighted by molar-refractivity contribution is -0.121. The van der Waals surface area contributed by atoms with Gasteiger partial charge in [0.25, 0.3) is 0 Å². The summed E-state index contributed by atoms with van der Waals surface area (Å²) in [7, 11) is 1.68. The Labute approximate surface area is 91.8 Å². The standard InChI is InChI=1S/C11H22N2O2/c1-15-9-8-12-6-7-13-11(14)5-4-10-2-3-10/h10,12H,2-9H2,1H3,(H,13,14). The molecule has 1 rings (SSSR count). The van der Waals surface area contributed by atoms with E-state index in [1.807, 2.05) is 0 Å². The molecule has 1 amide bonds. The molecule has 1 fully saturated rings. The summed E-state index contributed by atoms with van der Waals surface area (Å²) in [6, 6.07) is 0. The van der Waals surface area contributed by atoms with Gasteiger partial charge in [0.15, 0.2) is 0 Å². The second-order valence-electron chi connectivity index (χ2n) is 4.07. The Morgan fingerprint density at radius 1 is 1.33 bits per heavy atom. The summed E-state index contributed by atoms with van der Waals surface area (Å²) in [6.07, 6.45) is 4.42. The number of nitrogens with one attached hydrogen (secondary N) is 2. The highest BCUT2D eigenvalue weighted by Gasteiger charge is 2.21. The zero-order valence-electron chi connectivity index (χ0n) is 9.55. The van der Waals surface area contributed by atoms with Crippen LogP contribution in [-0.2, 0) is 9.53 Å². The van der Waals surface area contributed by atoms with Gasteiger partial charge in [-0.1, -0.05) is 12.8 Å². The van der Waals surface area contributed by atoms with E-state index in [2.05, 4.69) is 10.6 Å². The van der Waals surface area contributed by atoms with Crippen molar-refractivity contribution in [1.29, 1.82) is 0 Å². The van der Waals surface area contributed by atoms with E-state index in [0.29, 0.717) is 13.0 Å². The first-order valence-corrected chi connectivity index (χ1v) is 5.79. The quantitative estimate of drug-likeness (QED) is 0.550. The van der Waals surface area contributed by atoms with Gasteiger partial charge >= 0.3 is 0 Å². The number of amides is 1. The van der Waals surface area contributed by atoms with Crippen LogP contribution in [-0.4, -0.2) is 39.3 Å². The molecule has 2 N–H and O–H groups in total. The zero-order valence-corrected chi connectivity index (χ0v) is 9.55. The molecule has 4 heteroatoms. The van der Waals surface area contributed by atoms with Crippen LogP contribution in [0.1, 0.15) is 25.7 Å². The lowest BCUT2D eigenvalue weighted by atomic mass is 10.2. The molecule has 0 aromatic heterocycles. The minimum absolute atomic E-state index is 0.190. The van der Waals surface area contributed by atoms with Crippen LogP contribution in [0, 0.1) is 5.92 Å². The maximum atomic E-state index is 11.3. The smallest absolute Gasteiger partial charge is 0.220 e. The molecular weight excluding hydrogens is 192 g/mol. The van der Waals surface area contributed by atoms with E-state index >= 15 is 0 Å². The fraction of sp³-hybridized carbons (Fsp3) is 0.909. The van der Waals surface area contributed by atoms with Crippen LogP contribution in [0.3, 0.4) is 0 Å². The molecular formula is C11H22N2O2. The summed E-state index contributed by atoms with van der Waals surface area (Å²) in [4.78, 5) is 11.3. The van der Waals surface area contributed by atoms with Gasteiger partial charge < -0.3 is 15.4 Å². The van der Waals surface area contributed by atoms with Crippen molar-refractivity contribution >= 4 is 5.91 Å². The first-order chi connectivity index (χ1) is 7.33. The molecule has 0 aromatic rings. The normalized spacial score (nSPS) is 15.3. The van der Waals surface area contributed by atoms with Gasteiger partial charge in [-0.2, -0.15) is 0 Å². The van der Waals surface area contributed by atoms with Crippen LogP contribution in [0.4, 0.5) is 0 Å². The van der Waals surface area contributed by atoms with E-state index in [1.54, 1.807) is 7.11 Å². The van der Waals surface area contributed by atoms with Crippen molar-refractivity contribution in [3.05, 3.63) is 0 Å². The monoisotopic (exact) mass is 214 g/mol. The molecule has 88 valence electrons.